The van der Waals surface area contributed by atoms with Crippen LogP contribution >= 0.6 is 0 Å². The number of hydrogen-bond donors (Lipinski definition) is 2. The summed E-state index contributed by atoms with van der Waals surface area (Å²) in [6, 6.07) is 0.120. The van der Waals surface area contributed by atoms with Crippen molar-refractivity contribution >= 4 is 5.91 Å². The van der Waals surface area contributed by atoms with Crippen LogP contribution in [-0.2, 0) is 11.3 Å². The van der Waals surface area contributed by atoms with Gasteiger partial charge in [0.25, 0.3) is 0 Å². The van der Waals surface area contributed by atoms with E-state index in [0.717, 1.165) is 32.7 Å². The minimum absolute atomic E-state index is 0.101. The van der Waals surface area contributed by atoms with Gasteiger partial charge in [-0.15, -0.1) is 0 Å². The molecular weight excluding hydrogens is 230 g/mol. The molecule has 1 aromatic heterocycles. The molecule has 1 fully saturated rings. The Labute approximate surface area is 107 Å². The number of nitrogens with one attached hydrogen (secondary N) is 2. The van der Waals surface area contributed by atoms with Crippen molar-refractivity contribution < 1.29 is 4.79 Å². The molecule has 0 radical (unpaired) electrons. The summed E-state index contributed by atoms with van der Waals surface area (Å²) in [5, 5.41) is 6.29. The van der Waals surface area contributed by atoms with Crippen LogP contribution < -0.4 is 10.6 Å². The number of hydrogen-bond acceptors (Lipinski definition) is 4. The van der Waals surface area contributed by atoms with E-state index in [2.05, 4.69) is 20.5 Å². The van der Waals surface area contributed by atoms with Crippen LogP contribution in [0.5, 0.6) is 0 Å². The van der Waals surface area contributed by atoms with E-state index in [9.17, 15) is 4.79 Å². The Bertz CT molecular complexity index is 359. The van der Waals surface area contributed by atoms with Crippen molar-refractivity contribution in [3.05, 3.63) is 18.7 Å². The molecule has 0 saturated carbocycles. The molecule has 1 aliphatic heterocycles. The van der Waals surface area contributed by atoms with Crippen LogP contribution in [-0.4, -0.2) is 59.1 Å². The SMILES string of the molecule is CC(Cn1ccnc1)NC(=O)CN1CCNCC1. The lowest BCUT2D eigenvalue weighted by molar-refractivity contribution is -0.123. The van der Waals surface area contributed by atoms with Crippen LogP contribution in [0, 0.1) is 0 Å². The van der Waals surface area contributed by atoms with Gasteiger partial charge < -0.3 is 15.2 Å². The first-order valence-electron chi connectivity index (χ1n) is 6.42. The molecule has 1 amide bonds. The average Bonchev–Trinajstić information content (AvgIpc) is 2.82. The van der Waals surface area contributed by atoms with Crippen molar-refractivity contribution in [3.8, 4) is 0 Å². The standard InChI is InChI=1S/C12H21N5O/c1-11(8-17-7-4-14-10-17)15-12(18)9-16-5-2-13-3-6-16/h4,7,10-11,13H,2-3,5-6,8-9H2,1H3,(H,15,18). The molecule has 100 valence electrons. The normalized spacial score (nSPS) is 18.5. The summed E-state index contributed by atoms with van der Waals surface area (Å²) in [6.45, 7) is 7.10. The maximum Gasteiger partial charge on any atom is 0.234 e. The lowest BCUT2D eigenvalue weighted by atomic mass is 10.3. The van der Waals surface area contributed by atoms with Crippen LogP contribution in [0.15, 0.2) is 18.7 Å². The molecule has 1 aliphatic rings. The van der Waals surface area contributed by atoms with E-state index < -0.39 is 0 Å². The minimum Gasteiger partial charge on any atom is -0.351 e. The average molecular weight is 251 g/mol. The fourth-order valence-corrected chi connectivity index (χ4v) is 2.15. The van der Waals surface area contributed by atoms with E-state index in [1.54, 1.807) is 12.5 Å². The number of carbonyl (C=O) groups is 1. The first kappa shape index (κ1) is 13.0. The number of imidazole rings is 1. The minimum atomic E-state index is 0.101. The summed E-state index contributed by atoms with van der Waals surface area (Å²) in [5.74, 6) is 0.101. The summed E-state index contributed by atoms with van der Waals surface area (Å²) in [7, 11) is 0. The van der Waals surface area contributed by atoms with Crippen LogP contribution in [0.4, 0.5) is 0 Å². The quantitative estimate of drug-likeness (QED) is 0.726. The Hall–Kier alpha value is -1.40. The van der Waals surface area contributed by atoms with Gasteiger partial charge in [0, 0.05) is 51.2 Å². The first-order chi connectivity index (χ1) is 8.74. The second kappa shape index (κ2) is 6.51. The van der Waals surface area contributed by atoms with Crippen molar-refractivity contribution in [2.24, 2.45) is 0 Å². The zero-order chi connectivity index (χ0) is 12.8. The van der Waals surface area contributed by atoms with E-state index in [1.165, 1.54) is 0 Å². The Balaban J connectivity index is 1.69. The fourth-order valence-electron chi connectivity index (χ4n) is 2.15. The van der Waals surface area contributed by atoms with Gasteiger partial charge in [0.05, 0.1) is 12.9 Å². The summed E-state index contributed by atoms with van der Waals surface area (Å²) in [5.41, 5.74) is 0. The highest BCUT2D eigenvalue weighted by atomic mass is 16.2. The maximum absolute atomic E-state index is 11.9. The zero-order valence-electron chi connectivity index (χ0n) is 10.8. The van der Waals surface area contributed by atoms with Gasteiger partial charge >= 0.3 is 0 Å². The molecule has 6 nitrogen and oxygen atoms in total. The molecule has 2 heterocycles. The van der Waals surface area contributed by atoms with Crippen LogP contribution in [0.3, 0.4) is 0 Å². The number of rotatable bonds is 5. The smallest absolute Gasteiger partial charge is 0.234 e. The second-order valence-electron chi connectivity index (χ2n) is 4.75. The molecule has 0 aromatic carbocycles. The van der Waals surface area contributed by atoms with Gasteiger partial charge in [-0.3, -0.25) is 9.69 Å². The monoisotopic (exact) mass is 251 g/mol. The van der Waals surface area contributed by atoms with Crippen LogP contribution in [0.2, 0.25) is 0 Å². The van der Waals surface area contributed by atoms with Crippen molar-refractivity contribution in [1.29, 1.82) is 0 Å². The third-order valence-electron chi connectivity index (χ3n) is 3.03. The third-order valence-corrected chi connectivity index (χ3v) is 3.03. The molecule has 1 saturated heterocycles. The van der Waals surface area contributed by atoms with Gasteiger partial charge in [-0.1, -0.05) is 0 Å². The summed E-state index contributed by atoms with van der Waals surface area (Å²) in [4.78, 5) is 18.0. The first-order valence-corrected chi connectivity index (χ1v) is 6.42. The van der Waals surface area contributed by atoms with E-state index >= 15 is 0 Å². The molecular formula is C12H21N5O. The molecule has 18 heavy (non-hydrogen) atoms. The third kappa shape index (κ3) is 4.12. The predicted octanol–water partition coefficient (Wildman–Crippen LogP) is -0.707. The van der Waals surface area contributed by atoms with Crippen molar-refractivity contribution in [3.63, 3.8) is 0 Å². The highest BCUT2D eigenvalue weighted by Crippen LogP contribution is 1.94. The highest BCUT2D eigenvalue weighted by molar-refractivity contribution is 5.78. The lowest BCUT2D eigenvalue weighted by Gasteiger charge is -2.27. The summed E-state index contributed by atoms with van der Waals surface area (Å²) < 4.78 is 1.97. The molecule has 0 spiro atoms. The maximum atomic E-state index is 11.9. The highest BCUT2D eigenvalue weighted by Gasteiger charge is 2.14. The number of amides is 1. The molecule has 6 heteroatoms. The van der Waals surface area contributed by atoms with E-state index in [1.807, 2.05) is 17.7 Å². The fraction of sp³-hybridized carbons (Fsp3) is 0.667. The van der Waals surface area contributed by atoms with Gasteiger partial charge in [-0.25, -0.2) is 4.98 Å². The molecule has 2 N–H and O–H groups in total. The number of nitrogens with zero attached hydrogens (tertiary/aromatic N) is 3. The van der Waals surface area contributed by atoms with Crippen LogP contribution in [0.25, 0.3) is 0 Å². The Morgan fingerprint density at radius 2 is 2.28 bits per heavy atom. The van der Waals surface area contributed by atoms with Gasteiger partial charge in [0.2, 0.25) is 5.91 Å². The van der Waals surface area contributed by atoms with Crippen molar-refractivity contribution in [1.82, 2.24) is 25.1 Å². The summed E-state index contributed by atoms with van der Waals surface area (Å²) >= 11 is 0. The van der Waals surface area contributed by atoms with Gasteiger partial charge in [0.1, 0.15) is 0 Å². The van der Waals surface area contributed by atoms with E-state index in [4.69, 9.17) is 0 Å². The zero-order valence-corrected chi connectivity index (χ0v) is 10.8. The van der Waals surface area contributed by atoms with E-state index in [0.29, 0.717) is 6.54 Å². The van der Waals surface area contributed by atoms with Crippen LogP contribution in [0.1, 0.15) is 6.92 Å². The number of aromatic nitrogens is 2. The molecule has 1 unspecified atom stereocenters. The predicted molar refractivity (Wildman–Crippen MR) is 69.1 cm³/mol. The molecule has 1 aromatic rings. The number of carbonyl (C=O) groups excluding carboxylic acids is 1. The van der Waals surface area contributed by atoms with Crippen molar-refractivity contribution in [2.75, 3.05) is 32.7 Å². The van der Waals surface area contributed by atoms with Gasteiger partial charge in [0.15, 0.2) is 0 Å². The molecule has 0 aliphatic carbocycles. The van der Waals surface area contributed by atoms with Crippen molar-refractivity contribution in [2.45, 2.75) is 19.5 Å². The topological polar surface area (TPSA) is 62.2 Å². The molecule has 2 rings (SSSR count). The lowest BCUT2D eigenvalue weighted by Crippen LogP contribution is -2.49. The molecule has 0 bridgehead atoms. The Kier molecular flexibility index (Phi) is 4.72. The van der Waals surface area contributed by atoms with Gasteiger partial charge in [-0.05, 0) is 6.92 Å². The summed E-state index contributed by atoms with van der Waals surface area (Å²) in [6.07, 6.45) is 5.41. The Morgan fingerprint density at radius 1 is 1.50 bits per heavy atom. The second-order valence-corrected chi connectivity index (χ2v) is 4.75. The van der Waals surface area contributed by atoms with E-state index in [-0.39, 0.29) is 11.9 Å². The number of piperazine rings is 1. The van der Waals surface area contributed by atoms with Gasteiger partial charge in [-0.2, -0.15) is 0 Å². The Morgan fingerprint density at radius 3 is 2.94 bits per heavy atom. The molecule has 1 atom stereocenters. The largest absolute Gasteiger partial charge is 0.351 e.